The Morgan fingerprint density at radius 3 is 2.18 bits per heavy atom. The topological polar surface area (TPSA) is 63.2 Å². The highest BCUT2D eigenvalue weighted by molar-refractivity contribution is 7.53. The summed E-state index contributed by atoms with van der Waals surface area (Å²) in [5.74, 6) is 0.486. The third-order valence-electron chi connectivity index (χ3n) is 4.11. The molecule has 1 rings (SSSR count). The summed E-state index contributed by atoms with van der Waals surface area (Å²) in [7, 11) is -3.39. The van der Waals surface area contributed by atoms with Crippen molar-refractivity contribution >= 4 is 7.60 Å². The molecule has 0 fully saturated rings. The fourth-order valence-electron chi connectivity index (χ4n) is 2.50. The summed E-state index contributed by atoms with van der Waals surface area (Å²) in [6.07, 6.45) is 8.30. The van der Waals surface area contributed by atoms with Crippen molar-refractivity contribution in [1.29, 1.82) is 0 Å². The summed E-state index contributed by atoms with van der Waals surface area (Å²) >= 11 is 0. The summed E-state index contributed by atoms with van der Waals surface area (Å²) in [5, 5.41) is 0. The minimum atomic E-state index is -3.39. The third kappa shape index (κ3) is 13.3. The van der Waals surface area contributed by atoms with Crippen molar-refractivity contribution < 1.29 is 28.1 Å². The van der Waals surface area contributed by atoms with Crippen LogP contribution in [-0.4, -0.2) is 39.2 Å². The van der Waals surface area contributed by atoms with Gasteiger partial charge in [-0.1, -0.05) is 68.3 Å². The Morgan fingerprint density at radius 2 is 1.46 bits per heavy atom. The van der Waals surface area contributed by atoms with Gasteiger partial charge in [0.2, 0.25) is 0 Å². The van der Waals surface area contributed by atoms with E-state index in [4.69, 9.17) is 23.6 Å². The SMILES string of the molecule is CCCCCCCCCOP(=O)(CCOCCOCC)OOc1ccccc1. The normalized spacial score (nSPS) is 13.4. The zero-order valence-corrected chi connectivity index (χ0v) is 18.4. The van der Waals surface area contributed by atoms with Gasteiger partial charge < -0.3 is 18.9 Å². The molecule has 0 spiro atoms. The molecular formula is C21H37O6P. The number of ether oxygens (including phenoxy) is 2. The highest BCUT2D eigenvalue weighted by atomic mass is 31.2. The Labute approximate surface area is 170 Å². The Morgan fingerprint density at radius 1 is 0.786 bits per heavy atom. The molecule has 0 amide bonds. The van der Waals surface area contributed by atoms with E-state index in [0.717, 1.165) is 12.8 Å². The van der Waals surface area contributed by atoms with Crippen molar-refractivity contribution in [3.63, 3.8) is 0 Å². The van der Waals surface area contributed by atoms with Crippen LogP contribution in [0.4, 0.5) is 0 Å². The smallest absolute Gasteiger partial charge is 0.371 e. The van der Waals surface area contributed by atoms with E-state index in [2.05, 4.69) is 6.92 Å². The Balaban J connectivity index is 2.33. The first kappa shape index (κ1) is 25.1. The molecule has 6 nitrogen and oxygen atoms in total. The van der Waals surface area contributed by atoms with Crippen LogP contribution in [0.15, 0.2) is 30.3 Å². The molecule has 0 aliphatic heterocycles. The monoisotopic (exact) mass is 416 g/mol. The molecule has 0 aromatic heterocycles. The van der Waals surface area contributed by atoms with Gasteiger partial charge in [-0.25, -0.2) is 0 Å². The lowest BCUT2D eigenvalue weighted by Gasteiger charge is -2.17. The van der Waals surface area contributed by atoms with E-state index in [1.165, 1.54) is 32.1 Å². The predicted molar refractivity (Wildman–Crippen MR) is 112 cm³/mol. The van der Waals surface area contributed by atoms with Gasteiger partial charge in [-0.2, -0.15) is 0 Å². The molecule has 0 saturated heterocycles. The highest BCUT2D eigenvalue weighted by Crippen LogP contribution is 2.48. The second-order valence-electron chi connectivity index (χ2n) is 6.57. The fraction of sp³-hybridized carbons (Fsp3) is 0.714. The van der Waals surface area contributed by atoms with Crippen LogP contribution in [-0.2, 0) is 23.2 Å². The molecule has 0 radical (unpaired) electrons. The molecule has 0 bridgehead atoms. The first-order valence-corrected chi connectivity index (χ1v) is 12.2. The molecule has 1 aromatic rings. The summed E-state index contributed by atoms with van der Waals surface area (Å²) < 4.78 is 34.5. The molecule has 1 unspecified atom stereocenters. The van der Waals surface area contributed by atoms with Crippen molar-refractivity contribution in [2.45, 2.75) is 58.8 Å². The van der Waals surface area contributed by atoms with Crippen LogP contribution in [0.2, 0.25) is 0 Å². The van der Waals surface area contributed by atoms with Gasteiger partial charge in [-0.3, -0.25) is 4.57 Å². The van der Waals surface area contributed by atoms with E-state index >= 15 is 0 Å². The maximum absolute atomic E-state index is 13.0. The Kier molecular flexibility index (Phi) is 15.2. The van der Waals surface area contributed by atoms with Gasteiger partial charge >= 0.3 is 7.60 Å². The van der Waals surface area contributed by atoms with E-state index in [-0.39, 0.29) is 12.8 Å². The van der Waals surface area contributed by atoms with Crippen molar-refractivity contribution in [2.24, 2.45) is 0 Å². The molecule has 0 saturated carbocycles. The number of benzene rings is 1. The summed E-state index contributed by atoms with van der Waals surface area (Å²) in [6, 6.07) is 8.98. The minimum absolute atomic E-state index is 0.141. The number of unbranched alkanes of at least 4 members (excludes halogenated alkanes) is 6. The van der Waals surface area contributed by atoms with E-state index in [1.807, 2.05) is 25.1 Å². The maximum atomic E-state index is 13.0. The van der Waals surface area contributed by atoms with Gasteiger partial charge in [0.1, 0.15) is 0 Å². The Hall–Kier alpha value is -0.910. The van der Waals surface area contributed by atoms with Crippen molar-refractivity contribution in [2.75, 3.05) is 39.2 Å². The molecule has 162 valence electrons. The number of para-hydroxylation sites is 1. The second-order valence-corrected chi connectivity index (χ2v) is 8.65. The molecule has 1 atom stereocenters. The molecule has 0 heterocycles. The first-order chi connectivity index (χ1) is 13.7. The third-order valence-corrected chi connectivity index (χ3v) is 5.72. The lowest BCUT2D eigenvalue weighted by atomic mass is 10.1. The van der Waals surface area contributed by atoms with Crippen LogP contribution in [0.5, 0.6) is 5.75 Å². The number of rotatable bonds is 19. The summed E-state index contributed by atoms with van der Waals surface area (Å²) in [5.41, 5.74) is 0. The van der Waals surface area contributed by atoms with Crippen LogP contribution in [0.1, 0.15) is 58.8 Å². The lowest BCUT2D eigenvalue weighted by Crippen LogP contribution is -2.11. The molecule has 0 aliphatic carbocycles. The van der Waals surface area contributed by atoms with Gasteiger partial charge in [-0.15, -0.1) is 0 Å². The molecular weight excluding hydrogens is 379 g/mol. The Bertz CT molecular complexity index is 511. The van der Waals surface area contributed by atoms with Gasteiger partial charge in [0.05, 0.1) is 32.6 Å². The van der Waals surface area contributed by atoms with Crippen molar-refractivity contribution in [3.05, 3.63) is 30.3 Å². The molecule has 0 aliphatic rings. The quantitative estimate of drug-likeness (QED) is 0.119. The van der Waals surface area contributed by atoms with Crippen LogP contribution >= 0.6 is 7.60 Å². The predicted octanol–water partition coefficient (Wildman–Crippen LogP) is 6.01. The van der Waals surface area contributed by atoms with E-state index < -0.39 is 7.60 Å². The van der Waals surface area contributed by atoms with Gasteiger partial charge in [-0.05, 0) is 25.5 Å². The van der Waals surface area contributed by atoms with Crippen LogP contribution in [0.3, 0.4) is 0 Å². The largest absolute Gasteiger partial charge is 0.379 e. The standard InChI is InChI=1S/C21H37O6P/c1-3-5-6-7-8-9-13-16-25-28(22,20-19-24-18-17-23-4-2)27-26-21-14-11-10-12-15-21/h10-12,14-15H,3-9,13,16-20H2,1-2H3. The summed E-state index contributed by atoms with van der Waals surface area (Å²) in [4.78, 5) is 5.22. The average Bonchev–Trinajstić information content (AvgIpc) is 2.72. The van der Waals surface area contributed by atoms with Crippen molar-refractivity contribution in [1.82, 2.24) is 0 Å². The summed E-state index contributed by atoms with van der Waals surface area (Å²) in [6.45, 7) is 6.41. The molecule has 1 aromatic carbocycles. The van der Waals surface area contributed by atoms with Gasteiger partial charge in [0.15, 0.2) is 5.75 Å². The van der Waals surface area contributed by atoms with Crippen molar-refractivity contribution in [3.8, 4) is 5.75 Å². The van der Waals surface area contributed by atoms with E-state index in [9.17, 15) is 4.57 Å². The van der Waals surface area contributed by atoms with E-state index in [0.29, 0.717) is 32.2 Å². The molecule has 28 heavy (non-hydrogen) atoms. The zero-order chi connectivity index (χ0) is 20.3. The lowest BCUT2D eigenvalue weighted by molar-refractivity contribution is -0.113. The number of hydrogen-bond donors (Lipinski definition) is 0. The highest BCUT2D eigenvalue weighted by Gasteiger charge is 2.27. The van der Waals surface area contributed by atoms with Crippen LogP contribution < -0.4 is 4.89 Å². The average molecular weight is 416 g/mol. The van der Waals surface area contributed by atoms with Gasteiger partial charge in [0, 0.05) is 6.61 Å². The minimum Gasteiger partial charge on any atom is -0.379 e. The van der Waals surface area contributed by atoms with Crippen LogP contribution in [0.25, 0.3) is 0 Å². The van der Waals surface area contributed by atoms with Gasteiger partial charge in [0.25, 0.3) is 0 Å². The first-order valence-electron chi connectivity index (χ1n) is 10.5. The molecule has 7 heteroatoms. The maximum Gasteiger partial charge on any atom is 0.371 e. The second kappa shape index (κ2) is 17.0. The number of hydrogen-bond acceptors (Lipinski definition) is 6. The molecule has 0 N–H and O–H groups in total. The fourth-order valence-corrected chi connectivity index (χ4v) is 3.71. The van der Waals surface area contributed by atoms with E-state index in [1.54, 1.807) is 12.1 Å². The zero-order valence-electron chi connectivity index (χ0n) is 17.5. The van der Waals surface area contributed by atoms with Crippen LogP contribution in [0, 0.1) is 0 Å².